The molecule has 1 saturated heterocycles. The van der Waals surface area contributed by atoms with Gasteiger partial charge < -0.3 is 4.74 Å². The molecule has 0 aromatic heterocycles. The number of halogens is 4. The summed E-state index contributed by atoms with van der Waals surface area (Å²) in [7, 11) is -4.28. The lowest BCUT2D eigenvalue weighted by molar-refractivity contribution is -0.141. The van der Waals surface area contributed by atoms with Crippen LogP contribution in [0.25, 0.3) is 0 Å². The van der Waals surface area contributed by atoms with Crippen molar-refractivity contribution < 1.29 is 26.3 Å². The lowest BCUT2D eigenvalue weighted by Crippen LogP contribution is -2.47. The molecule has 0 bridgehead atoms. The maximum absolute atomic E-state index is 12.8. The molecule has 1 aliphatic heterocycles. The van der Waals surface area contributed by atoms with Crippen LogP contribution in [0.3, 0.4) is 0 Å². The quantitative estimate of drug-likeness (QED) is 0.832. The molecule has 1 aromatic rings. The van der Waals surface area contributed by atoms with E-state index in [2.05, 4.69) is 0 Å². The molecular weight excluding hydrogens is 343 g/mol. The Bertz CT molecular complexity index is 615. The first-order valence-electron chi connectivity index (χ1n) is 6.62. The van der Waals surface area contributed by atoms with Gasteiger partial charge in [0.2, 0.25) is 10.0 Å². The van der Waals surface area contributed by atoms with E-state index in [9.17, 15) is 21.6 Å². The predicted molar refractivity (Wildman–Crippen MR) is 75.2 cm³/mol. The fourth-order valence-electron chi connectivity index (χ4n) is 2.32. The van der Waals surface area contributed by atoms with Crippen molar-refractivity contribution in [2.24, 2.45) is 0 Å². The second-order valence-corrected chi connectivity index (χ2v) is 7.29. The summed E-state index contributed by atoms with van der Waals surface area (Å²) in [6.07, 6.45) is -4.16. The number of rotatable bonds is 4. The molecular formula is C13H15ClF3NO3S. The van der Waals surface area contributed by atoms with Gasteiger partial charge in [0.15, 0.2) is 0 Å². The highest BCUT2D eigenvalue weighted by Crippen LogP contribution is 2.29. The minimum atomic E-state index is -4.62. The van der Waals surface area contributed by atoms with E-state index in [0.29, 0.717) is 4.31 Å². The van der Waals surface area contributed by atoms with Gasteiger partial charge in [-0.25, -0.2) is 8.42 Å². The molecule has 1 heterocycles. The summed E-state index contributed by atoms with van der Waals surface area (Å²) >= 11 is 5.75. The molecule has 2 rings (SSSR count). The Kier molecular flexibility index (Phi) is 5.37. The first-order chi connectivity index (χ1) is 10.2. The van der Waals surface area contributed by atoms with E-state index in [4.69, 9.17) is 16.3 Å². The molecule has 0 aliphatic carbocycles. The van der Waals surface area contributed by atoms with Crippen molar-refractivity contribution in [2.45, 2.75) is 30.0 Å². The highest BCUT2D eigenvalue weighted by molar-refractivity contribution is 7.89. The van der Waals surface area contributed by atoms with Gasteiger partial charge in [-0.2, -0.15) is 17.5 Å². The Balaban J connectivity index is 2.38. The molecule has 0 unspecified atom stereocenters. The molecule has 0 amide bonds. The topological polar surface area (TPSA) is 46.6 Å². The summed E-state index contributed by atoms with van der Waals surface area (Å²) in [6, 6.07) is 4.51. The molecule has 124 valence electrons. The zero-order chi connectivity index (χ0) is 16.4. The van der Waals surface area contributed by atoms with E-state index < -0.39 is 28.8 Å². The van der Waals surface area contributed by atoms with E-state index in [1.165, 1.54) is 18.2 Å². The standard InChI is InChI=1S/C13H15ClF3NO3S/c14-10-2-1-3-12(8-10)22(19,20)18(9-13(15,16)17)11-4-6-21-7-5-11/h1-3,8,11H,4-7,9H2. The molecule has 1 fully saturated rings. The third kappa shape index (κ3) is 4.34. The van der Waals surface area contributed by atoms with Crippen molar-refractivity contribution >= 4 is 21.6 Å². The molecule has 1 aromatic carbocycles. The lowest BCUT2D eigenvalue weighted by Gasteiger charge is -2.33. The molecule has 0 saturated carbocycles. The minimum Gasteiger partial charge on any atom is -0.381 e. The summed E-state index contributed by atoms with van der Waals surface area (Å²) in [5, 5.41) is 0.153. The second-order valence-electron chi connectivity index (χ2n) is 4.97. The lowest BCUT2D eigenvalue weighted by atomic mass is 10.1. The number of ether oxygens (including phenoxy) is 1. The number of alkyl halides is 3. The Labute approximate surface area is 131 Å². The molecule has 1 aliphatic rings. The number of sulfonamides is 1. The average molecular weight is 358 g/mol. The van der Waals surface area contributed by atoms with Crippen LogP contribution in [0, 0.1) is 0 Å². The van der Waals surface area contributed by atoms with Gasteiger partial charge in [-0.05, 0) is 31.0 Å². The van der Waals surface area contributed by atoms with Crippen LogP contribution in [-0.4, -0.2) is 44.7 Å². The van der Waals surface area contributed by atoms with Crippen LogP contribution in [-0.2, 0) is 14.8 Å². The molecule has 4 nitrogen and oxygen atoms in total. The van der Waals surface area contributed by atoms with Crippen LogP contribution < -0.4 is 0 Å². The Hall–Kier alpha value is -0.830. The van der Waals surface area contributed by atoms with E-state index in [1.54, 1.807) is 0 Å². The van der Waals surface area contributed by atoms with Gasteiger partial charge in [-0.1, -0.05) is 17.7 Å². The maximum atomic E-state index is 12.8. The van der Waals surface area contributed by atoms with Crippen LogP contribution >= 0.6 is 11.6 Å². The average Bonchev–Trinajstić information content (AvgIpc) is 2.45. The molecule has 0 radical (unpaired) electrons. The van der Waals surface area contributed by atoms with Gasteiger partial charge >= 0.3 is 6.18 Å². The highest BCUT2D eigenvalue weighted by Gasteiger charge is 2.41. The maximum Gasteiger partial charge on any atom is 0.402 e. The van der Waals surface area contributed by atoms with Crippen molar-refractivity contribution in [2.75, 3.05) is 19.8 Å². The molecule has 0 spiro atoms. The minimum absolute atomic E-state index is 0.153. The van der Waals surface area contributed by atoms with Gasteiger partial charge in [-0.3, -0.25) is 0 Å². The molecule has 9 heteroatoms. The number of nitrogens with zero attached hydrogens (tertiary/aromatic N) is 1. The van der Waals surface area contributed by atoms with E-state index >= 15 is 0 Å². The van der Waals surface area contributed by atoms with Gasteiger partial charge in [-0.15, -0.1) is 0 Å². The van der Waals surface area contributed by atoms with E-state index in [-0.39, 0.29) is 36.0 Å². The SMILES string of the molecule is O=S(=O)(c1cccc(Cl)c1)N(CC(F)(F)F)C1CCOCC1. The summed E-state index contributed by atoms with van der Waals surface area (Å²) in [5.41, 5.74) is 0. The first-order valence-corrected chi connectivity index (χ1v) is 8.44. The number of hydrogen-bond acceptors (Lipinski definition) is 3. The fourth-order valence-corrected chi connectivity index (χ4v) is 4.29. The summed E-state index contributed by atoms with van der Waals surface area (Å²) in [6.45, 7) is -1.04. The number of benzene rings is 1. The van der Waals surface area contributed by atoms with Crippen LogP contribution in [0.4, 0.5) is 13.2 Å². The van der Waals surface area contributed by atoms with Gasteiger partial charge in [0, 0.05) is 24.3 Å². The summed E-state index contributed by atoms with van der Waals surface area (Å²) < 4.78 is 69.3. The fraction of sp³-hybridized carbons (Fsp3) is 0.538. The summed E-state index contributed by atoms with van der Waals surface area (Å²) in [5.74, 6) is 0. The zero-order valence-electron chi connectivity index (χ0n) is 11.5. The number of hydrogen-bond donors (Lipinski definition) is 0. The van der Waals surface area contributed by atoms with Gasteiger partial charge in [0.25, 0.3) is 0 Å². The van der Waals surface area contributed by atoms with E-state index in [0.717, 1.165) is 6.07 Å². The Morgan fingerprint density at radius 2 is 1.91 bits per heavy atom. The monoisotopic (exact) mass is 357 g/mol. The van der Waals surface area contributed by atoms with Crippen LogP contribution in [0.15, 0.2) is 29.2 Å². The van der Waals surface area contributed by atoms with Gasteiger partial charge in [0.05, 0.1) is 4.90 Å². The van der Waals surface area contributed by atoms with Crippen molar-refractivity contribution in [1.82, 2.24) is 4.31 Å². The van der Waals surface area contributed by atoms with Crippen LogP contribution in [0.5, 0.6) is 0 Å². The second kappa shape index (κ2) is 6.74. The van der Waals surface area contributed by atoms with Crippen molar-refractivity contribution in [1.29, 1.82) is 0 Å². The highest BCUT2D eigenvalue weighted by atomic mass is 35.5. The Morgan fingerprint density at radius 1 is 1.27 bits per heavy atom. The van der Waals surface area contributed by atoms with Crippen molar-refractivity contribution in [3.8, 4) is 0 Å². The largest absolute Gasteiger partial charge is 0.402 e. The van der Waals surface area contributed by atoms with Gasteiger partial charge in [0.1, 0.15) is 6.54 Å². The normalized spacial score (nSPS) is 17.9. The van der Waals surface area contributed by atoms with E-state index in [1.807, 2.05) is 0 Å². The third-order valence-electron chi connectivity index (χ3n) is 3.34. The van der Waals surface area contributed by atoms with Crippen LogP contribution in [0.2, 0.25) is 5.02 Å². The predicted octanol–water partition coefficient (Wildman–Crippen LogP) is 3.07. The molecule has 0 atom stereocenters. The first kappa shape index (κ1) is 17.5. The Morgan fingerprint density at radius 3 is 2.45 bits per heavy atom. The van der Waals surface area contributed by atoms with Crippen molar-refractivity contribution in [3.63, 3.8) is 0 Å². The smallest absolute Gasteiger partial charge is 0.381 e. The van der Waals surface area contributed by atoms with Crippen LogP contribution in [0.1, 0.15) is 12.8 Å². The molecule has 22 heavy (non-hydrogen) atoms. The molecule has 0 N–H and O–H groups in total. The zero-order valence-corrected chi connectivity index (χ0v) is 13.1. The summed E-state index contributed by atoms with van der Waals surface area (Å²) in [4.78, 5) is -0.240. The van der Waals surface area contributed by atoms with Crippen molar-refractivity contribution in [3.05, 3.63) is 29.3 Å². The third-order valence-corrected chi connectivity index (χ3v) is 5.47.